The Morgan fingerprint density at radius 3 is 2.74 bits per heavy atom. The minimum atomic E-state index is 0.149. The average molecular weight is 461 g/mol. The summed E-state index contributed by atoms with van der Waals surface area (Å²) in [6.45, 7) is 0.897. The van der Waals surface area contributed by atoms with Gasteiger partial charge in [0, 0.05) is 23.7 Å². The highest BCUT2D eigenvalue weighted by molar-refractivity contribution is 5.86. The number of hydrogen-bond donors (Lipinski definition) is 3. The summed E-state index contributed by atoms with van der Waals surface area (Å²) in [5.74, 6) is 0.208. The molecule has 3 aliphatic carbocycles. The van der Waals surface area contributed by atoms with Gasteiger partial charge in [0.05, 0.1) is 12.1 Å². The summed E-state index contributed by atoms with van der Waals surface area (Å²) in [5, 5.41) is 2.21. The van der Waals surface area contributed by atoms with Crippen molar-refractivity contribution in [1.29, 1.82) is 0 Å². The molecule has 0 amide bonds. The number of nitrogen functional groups attached to an aromatic ring is 1. The van der Waals surface area contributed by atoms with Crippen molar-refractivity contribution in [3.63, 3.8) is 0 Å². The Kier molecular flexibility index (Phi) is 6.09. The van der Waals surface area contributed by atoms with Crippen LogP contribution in [0.3, 0.4) is 0 Å². The SMILES string of the molecule is Nc1ccc(C2=CC(c3ccccc3)C(NN3NCC4=CC=CCC43)C=C2)cc1C1=CCCC=C1. The number of allylic oxidation sites excluding steroid dienone is 8. The molecule has 2 aromatic rings. The number of hydrogen-bond acceptors (Lipinski definition) is 4. The van der Waals surface area contributed by atoms with Crippen LogP contribution in [0.15, 0.2) is 109 Å². The van der Waals surface area contributed by atoms with Gasteiger partial charge in [-0.15, -0.1) is 0 Å². The number of anilines is 1. The highest BCUT2D eigenvalue weighted by Crippen LogP contribution is 2.35. The third kappa shape index (κ3) is 4.48. The zero-order valence-corrected chi connectivity index (χ0v) is 19.9. The molecule has 4 aliphatic rings. The number of nitrogens with zero attached hydrogens (tertiary/aromatic N) is 1. The van der Waals surface area contributed by atoms with E-state index < -0.39 is 0 Å². The molecule has 4 N–H and O–H groups in total. The van der Waals surface area contributed by atoms with E-state index in [1.807, 2.05) is 6.07 Å². The molecule has 0 spiro atoms. The second-order valence-electron chi connectivity index (χ2n) is 9.64. The lowest BCUT2D eigenvalue weighted by molar-refractivity contribution is 0.0997. The van der Waals surface area contributed by atoms with Crippen LogP contribution < -0.4 is 16.6 Å². The number of fused-ring (bicyclic) bond motifs is 1. The standard InChI is InChI=1S/C31H32N4/c32-29-17-15-24(19-27(29)22-9-3-1-4-10-22)25-16-18-30(28(20-25)23-11-5-2-6-12-23)34-35-31-14-8-7-13-26(31)21-33-35/h2-3,5-13,15-20,28,30-31,33-34H,1,4,14,21,32H2. The van der Waals surface area contributed by atoms with E-state index in [0.717, 1.165) is 37.1 Å². The second-order valence-corrected chi connectivity index (χ2v) is 9.64. The number of benzene rings is 2. The van der Waals surface area contributed by atoms with Gasteiger partial charge < -0.3 is 5.73 Å². The number of nitrogens with two attached hydrogens (primary N) is 1. The number of nitrogens with one attached hydrogen (secondary N) is 2. The molecule has 0 bridgehead atoms. The molecular weight excluding hydrogens is 428 g/mol. The van der Waals surface area contributed by atoms with Crippen LogP contribution in [0.1, 0.15) is 41.9 Å². The van der Waals surface area contributed by atoms with Gasteiger partial charge >= 0.3 is 0 Å². The fraction of sp³-hybridized carbons (Fsp3) is 0.226. The summed E-state index contributed by atoms with van der Waals surface area (Å²) in [6, 6.07) is 17.7. The third-order valence-electron chi connectivity index (χ3n) is 7.39. The van der Waals surface area contributed by atoms with Gasteiger partial charge in [0.15, 0.2) is 0 Å². The molecule has 176 valence electrons. The molecule has 0 aromatic heterocycles. The first-order valence-corrected chi connectivity index (χ1v) is 12.6. The van der Waals surface area contributed by atoms with Gasteiger partial charge in [0.2, 0.25) is 0 Å². The topological polar surface area (TPSA) is 53.3 Å². The first kappa shape index (κ1) is 22.1. The fourth-order valence-corrected chi connectivity index (χ4v) is 5.47. The smallest absolute Gasteiger partial charge is 0.0660 e. The highest BCUT2D eigenvalue weighted by Gasteiger charge is 2.33. The van der Waals surface area contributed by atoms with Crippen molar-refractivity contribution in [1.82, 2.24) is 16.0 Å². The summed E-state index contributed by atoms with van der Waals surface area (Å²) in [6.07, 6.45) is 23.5. The van der Waals surface area contributed by atoms with E-state index in [2.05, 4.69) is 113 Å². The Labute approximate surface area is 207 Å². The maximum atomic E-state index is 6.39. The lowest BCUT2D eigenvalue weighted by Crippen LogP contribution is -2.53. The van der Waals surface area contributed by atoms with Crippen molar-refractivity contribution in [3.05, 3.63) is 125 Å². The van der Waals surface area contributed by atoms with Gasteiger partial charge in [-0.25, -0.2) is 10.9 Å². The number of hydrazine groups is 2. The molecule has 35 heavy (non-hydrogen) atoms. The van der Waals surface area contributed by atoms with E-state index in [-0.39, 0.29) is 12.0 Å². The molecule has 0 saturated carbocycles. The van der Waals surface area contributed by atoms with Crippen LogP contribution in [0.2, 0.25) is 0 Å². The van der Waals surface area contributed by atoms with E-state index in [4.69, 9.17) is 5.73 Å². The molecule has 1 fully saturated rings. The molecule has 4 nitrogen and oxygen atoms in total. The van der Waals surface area contributed by atoms with Gasteiger partial charge in [-0.3, -0.25) is 0 Å². The summed E-state index contributed by atoms with van der Waals surface area (Å²) in [5.41, 5.74) is 22.1. The van der Waals surface area contributed by atoms with Gasteiger partial charge in [-0.1, -0.05) is 91.1 Å². The van der Waals surface area contributed by atoms with Crippen LogP contribution in [-0.2, 0) is 0 Å². The van der Waals surface area contributed by atoms with Gasteiger partial charge in [-0.05, 0) is 59.2 Å². The monoisotopic (exact) mass is 460 g/mol. The summed E-state index contributed by atoms with van der Waals surface area (Å²) in [4.78, 5) is 0. The van der Waals surface area contributed by atoms with Crippen LogP contribution in [0.5, 0.6) is 0 Å². The molecule has 1 saturated heterocycles. The minimum Gasteiger partial charge on any atom is -0.398 e. The van der Waals surface area contributed by atoms with E-state index in [9.17, 15) is 0 Å². The van der Waals surface area contributed by atoms with Crippen molar-refractivity contribution in [2.45, 2.75) is 37.3 Å². The second kappa shape index (κ2) is 9.67. The van der Waals surface area contributed by atoms with Crippen molar-refractivity contribution >= 4 is 16.8 Å². The Morgan fingerprint density at radius 1 is 0.971 bits per heavy atom. The molecule has 1 aliphatic heterocycles. The predicted molar refractivity (Wildman–Crippen MR) is 146 cm³/mol. The summed E-state index contributed by atoms with van der Waals surface area (Å²) >= 11 is 0. The lowest BCUT2D eigenvalue weighted by atomic mass is 9.83. The van der Waals surface area contributed by atoms with Gasteiger partial charge in [-0.2, -0.15) is 5.12 Å². The number of rotatable bonds is 5. The molecule has 3 atom stereocenters. The van der Waals surface area contributed by atoms with Crippen molar-refractivity contribution in [2.24, 2.45) is 0 Å². The van der Waals surface area contributed by atoms with Crippen molar-refractivity contribution in [3.8, 4) is 0 Å². The lowest BCUT2D eigenvalue weighted by Gasteiger charge is -2.34. The molecule has 4 heteroatoms. The maximum absolute atomic E-state index is 6.39. The first-order chi connectivity index (χ1) is 17.3. The van der Waals surface area contributed by atoms with E-state index in [0.29, 0.717) is 6.04 Å². The molecule has 3 unspecified atom stereocenters. The fourth-order valence-electron chi connectivity index (χ4n) is 5.47. The molecule has 6 rings (SSSR count). The first-order valence-electron chi connectivity index (χ1n) is 12.6. The largest absolute Gasteiger partial charge is 0.398 e. The van der Waals surface area contributed by atoms with E-state index in [1.165, 1.54) is 27.8 Å². The quantitative estimate of drug-likeness (QED) is 0.502. The molecule has 0 radical (unpaired) electrons. The highest BCUT2D eigenvalue weighted by atomic mass is 15.8. The average Bonchev–Trinajstić information content (AvgIpc) is 3.33. The Balaban J connectivity index is 1.31. The summed E-state index contributed by atoms with van der Waals surface area (Å²) in [7, 11) is 0. The van der Waals surface area contributed by atoms with Gasteiger partial charge in [0.25, 0.3) is 0 Å². The molecular formula is C31H32N4. The predicted octanol–water partition coefficient (Wildman–Crippen LogP) is 5.69. The summed E-state index contributed by atoms with van der Waals surface area (Å²) < 4.78 is 0. The van der Waals surface area contributed by atoms with Crippen LogP contribution >= 0.6 is 0 Å². The van der Waals surface area contributed by atoms with E-state index in [1.54, 1.807) is 0 Å². The van der Waals surface area contributed by atoms with Crippen LogP contribution in [0.4, 0.5) is 5.69 Å². The van der Waals surface area contributed by atoms with Crippen LogP contribution in [-0.4, -0.2) is 23.7 Å². The van der Waals surface area contributed by atoms with Gasteiger partial charge in [0.1, 0.15) is 0 Å². The Bertz CT molecular complexity index is 1280. The Morgan fingerprint density at radius 2 is 1.89 bits per heavy atom. The van der Waals surface area contributed by atoms with Crippen LogP contribution in [0.25, 0.3) is 11.1 Å². The minimum absolute atomic E-state index is 0.149. The molecule has 2 aromatic carbocycles. The Hall–Kier alpha value is -3.44. The normalized spacial score (nSPS) is 25.7. The van der Waals surface area contributed by atoms with Crippen molar-refractivity contribution in [2.75, 3.05) is 12.3 Å². The third-order valence-corrected chi connectivity index (χ3v) is 7.39. The van der Waals surface area contributed by atoms with Crippen LogP contribution in [0, 0.1) is 0 Å². The maximum Gasteiger partial charge on any atom is 0.0660 e. The van der Waals surface area contributed by atoms with E-state index >= 15 is 0 Å². The zero-order chi connectivity index (χ0) is 23.6. The van der Waals surface area contributed by atoms with Crippen molar-refractivity contribution < 1.29 is 0 Å². The molecule has 1 heterocycles. The zero-order valence-electron chi connectivity index (χ0n) is 19.9.